The van der Waals surface area contributed by atoms with Crippen LogP contribution in [-0.2, 0) is 6.54 Å². The van der Waals surface area contributed by atoms with Gasteiger partial charge >= 0.3 is 0 Å². The highest BCUT2D eigenvalue weighted by molar-refractivity contribution is 5.76. The summed E-state index contributed by atoms with van der Waals surface area (Å²) in [5.74, 6) is 0.691. The van der Waals surface area contributed by atoms with Gasteiger partial charge in [0, 0.05) is 24.3 Å². The Labute approximate surface area is 105 Å². The molecule has 1 saturated carbocycles. The van der Waals surface area contributed by atoms with Gasteiger partial charge in [0.25, 0.3) is 0 Å². The Morgan fingerprint density at radius 2 is 2.28 bits per heavy atom. The lowest BCUT2D eigenvalue weighted by Gasteiger charge is -2.18. The van der Waals surface area contributed by atoms with E-state index in [2.05, 4.69) is 9.88 Å². The molecule has 0 aliphatic heterocycles. The second-order valence-electron chi connectivity index (χ2n) is 4.76. The molecule has 0 spiro atoms. The van der Waals surface area contributed by atoms with Crippen molar-refractivity contribution in [2.24, 2.45) is 0 Å². The maximum absolute atomic E-state index is 9.06. The number of aromatic nitrogens is 1. The van der Waals surface area contributed by atoms with E-state index in [-0.39, 0.29) is 6.61 Å². The van der Waals surface area contributed by atoms with Crippen LogP contribution in [0, 0.1) is 0 Å². The summed E-state index contributed by atoms with van der Waals surface area (Å²) in [7, 11) is 0. The zero-order valence-electron chi connectivity index (χ0n) is 10.2. The molecule has 5 nitrogen and oxygen atoms in total. The Kier molecular flexibility index (Phi) is 2.93. The quantitative estimate of drug-likeness (QED) is 0.780. The largest absolute Gasteiger partial charge is 0.439 e. The third-order valence-corrected chi connectivity index (χ3v) is 3.25. The third-order valence-electron chi connectivity index (χ3n) is 3.25. The minimum Gasteiger partial charge on any atom is -0.439 e. The second-order valence-corrected chi connectivity index (χ2v) is 4.76. The van der Waals surface area contributed by atoms with Crippen LogP contribution < -0.4 is 5.73 Å². The fraction of sp³-hybridized carbons (Fsp3) is 0.462. The minimum atomic E-state index is 0.170. The number of hydrogen-bond donors (Lipinski definition) is 2. The van der Waals surface area contributed by atoms with Crippen molar-refractivity contribution in [3.05, 3.63) is 24.1 Å². The van der Waals surface area contributed by atoms with E-state index in [1.807, 2.05) is 12.1 Å². The van der Waals surface area contributed by atoms with Gasteiger partial charge in [-0.15, -0.1) is 0 Å². The highest BCUT2D eigenvalue weighted by Crippen LogP contribution is 2.28. The van der Waals surface area contributed by atoms with Crippen LogP contribution in [0.25, 0.3) is 11.1 Å². The highest BCUT2D eigenvalue weighted by Gasteiger charge is 2.29. The first kappa shape index (κ1) is 11.5. The molecule has 5 heteroatoms. The molecule has 2 aromatic rings. The molecule has 1 aliphatic carbocycles. The number of nitrogens with two attached hydrogens (primary N) is 1. The topological polar surface area (TPSA) is 75.5 Å². The number of nitrogen functional groups attached to an aromatic ring is 1. The van der Waals surface area contributed by atoms with E-state index in [9.17, 15) is 0 Å². The van der Waals surface area contributed by atoms with Gasteiger partial charge in [0.15, 0.2) is 5.58 Å². The summed E-state index contributed by atoms with van der Waals surface area (Å²) in [4.78, 5) is 6.66. The first-order chi connectivity index (χ1) is 8.76. The first-order valence-corrected chi connectivity index (χ1v) is 6.26. The summed E-state index contributed by atoms with van der Waals surface area (Å²) in [5.41, 5.74) is 7.95. The van der Waals surface area contributed by atoms with E-state index >= 15 is 0 Å². The number of oxazole rings is 1. The van der Waals surface area contributed by atoms with E-state index < -0.39 is 0 Å². The molecule has 96 valence electrons. The van der Waals surface area contributed by atoms with Crippen LogP contribution >= 0.6 is 0 Å². The molecule has 0 amide bonds. The average molecular weight is 247 g/mol. The van der Waals surface area contributed by atoms with Crippen LogP contribution in [0.3, 0.4) is 0 Å². The second kappa shape index (κ2) is 4.59. The van der Waals surface area contributed by atoms with Gasteiger partial charge in [-0.3, -0.25) is 4.90 Å². The van der Waals surface area contributed by atoms with Crippen molar-refractivity contribution in [3.8, 4) is 0 Å². The van der Waals surface area contributed by atoms with Crippen molar-refractivity contribution < 1.29 is 9.52 Å². The number of rotatable bonds is 5. The monoisotopic (exact) mass is 247 g/mol. The maximum atomic E-state index is 9.06. The average Bonchev–Trinajstić information content (AvgIpc) is 3.10. The molecule has 3 rings (SSSR count). The van der Waals surface area contributed by atoms with Gasteiger partial charge in [-0.25, -0.2) is 4.98 Å². The third kappa shape index (κ3) is 2.32. The zero-order valence-corrected chi connectivity index (χ0v) is 10.2. The molecule has 0 radical (unpaired) electrons. The van der Waals surface area contributed by atoms with Crippen LogP contribution in [0.5, 0.6) is 0 Å². The number of aliphatic hydroxyl groups excluding tert-OH is 1. The fourth-order valence-corrected chi connectivity index (χ4v) is 2.19. The summed E-state index contributed by atoms with van der Waals surface area (Å²) in [6.45, 7) is 1.50. The van der Waals surface area contributed by atoms with Crippen LogP contribution in [0.15, 0.2) is 22.6 Å². The van der Waals surface area contributed by atoms with Gasteiger partial charge in [0.2, 0.25) is 5.89 Å². The zero-order chi connectivity index (χ0) is 12.5. The van der Waals surface area contributed by atoms with Crippen molar-refractivity contribution in [3.63, 3.8) is 0 Å². The molecule has 1 heterocycles. The lowest BCUT2D eigenvalue weighted by molar-refractivity contribution is 0.172. The Bertz CT molecular complexity index is 548. The standard InChI is InChI=1S/C13H17N3O2/c14-9-1-4-11-12(7-9)18-13(15-11)8-16(5-6-17)10-2-3-10/h1,4,7,10,17H,2-3,5-6,8,14H2. The molecule has 1 aromatic carbocycles. The number of hydrogen-bond acceptors (Lipinski definition) is 5. The molecular weight excluding hydrogens is 230 g/mol. The summed E-state index contributed by atoms with van der Waals surface area (Å²) in [5, 5.41) is 9.06. The Balaban J connectivity index is 1.80. The molecule has 0 bridgehead atoms. The van der Waals surface area contributed by atoms with Crippen LogP contribution in [0.2, 0.25) is 0 Å². The Morgan fingerprint density at radius 1 is 1.44 bits per heavy atom. The fourth-order valence-electron chi connectivity index (χ4n) is 2.19. The number of fused-ring (bicyclic) bond motifs is 1. The molecule has 18 heavy (non-hydrogen) atoms. The molecule has 0 saturated heterocycles. The molecule has 0 unspecified atom stereocenters. The highest BCUT2D eigenvalue weighted by atomic mass is 16.3. The van der Waals surface area contributed by atoms with Crippen molar-refractivity contribution in [2.45, 2.75) is 25.4 Å². The van der Waals surface area contributed by atoms with E-state index in [1.165, 1.54) is 12.8 Å². The first-order valence-electron chi connectivity index (χ1n) is 6.26. The van der Waals surface area contributed by atoms with Gasteiger partial charge in [-0.2, -0.15) is 0 Å². The van der Waals surface area contributed by atoms with Gasteiger partial charge in [0.1, 0.15) is 5.52 Å². The van der Waals surface area contributed by atoms with Crippen molar-refractivity contribution in [1.29, 1.82) is 0 Å². The lowest BCUT2D eigenvalue weighted by Crippen LogP contribution is -2.28. The van der Waals surface area contributed by atoms with Gasteiger partial charge in [-0.1, -0.05) is 0 Å². The number of aliphatic hydroxyl groups is 1. The number of nitrogens with zero attached hydrogens (tertiary/aromatic N) is 2. The molecule has 0 atom stereocenters. The summed E-state index contributed by atoms with van der Waals surface area (Å²) < 4.78 is 5.69. The predicted octanol–water partition coefficient (Wildman–Crippen LogP) is 1.37. The smallest absolute Gasteiger partial charge is 0.209 e. The summed E-state index contributed by atoms with van der Waals surface area (Å²) >= 11 is 0. The Hall–Kier alpha value is -1.59. The predicted molar refractivity (Wildman–Crippen MR) is 68.9 cm³/mol. The van der Waals surface area contributed by atoms with Gasteiger partial charge in [-0.05, 0) is 25.0 Å². The molecule has 1 fully saturated rings. The van der Waals surface area contributed by atoms with E-state index in [1.54, 1.807) is 6.07 Å². The van der Waals surface area contributed by atoms with Crippen molar-refractivity contribution in [2.75, 3.05) is 18.9 Å². The molecule has 3 N–H and O–H groups in total. The summed E-state index contributed by atoms with van der Waals surface area (Å²) in [6.07, 6.45) is 2.40. The van der Waals surface area contributed by atoms with Gasteiger partial charge in [0.05, 0.1) is 13.2 Å². The molecule has 1 aromatic heterocycles. The SMILES string of the molecule is Nc1ccc2nc(CN(CCO)C3CC3)oc2c1. The van der Waals surface area contributed by atoms with Crippen LogP contribution in [0.4, 0.5) is 5.69 Å². The van der Waals surface area contributed by atoms with E-state index in [4.69, 9.17) is 15.3 Å². The van der Waals surface area contributed by atoms with E-state index in [0.717, 1.165) is 11.1 Å². The Morgan fingerprint density at radius 3 is 3.00 bits per heavy atom. The maximum Gasteiger partial charge on any atom is 0.209 e. The van der Waals surface area contributed by atoms with Crippen LogP contribution in [0.1, 0.15) is 18.7 Å². The number of benzene rings is 1. The number of anilines is 1. The van der Waals surface area contributed by atoms with E-state index in [0.29, 0.717) is 30.7 Å². The van der Waals surface area contributed by atoms with Crippen LogP contribution in [-0.4, -0.2) is 34.2 Å². The minimum absolute atomic E-state index is 0.170. The lowest BCUT2D eigenvalue weighted by atomic mass is 10.3. The van der Waals surface area contributed by atoms with Crippen molar-refractivity contribution in [1.82, 2.24) is 9.88 Å². The normalized spacial score (nSPS) is 15.7. The van der Waals surface area contributed by atoms with Crippen molar-refractivity contribution >= 4 is 16.8 Å². The molecular formula is C13H17N3O2. The summed E-state index contributed by atoms with van der Waals surface area (Å²) in [6, 6.07) is 6.06. The van der Waals surface area contributed by atoms with Gasteiger partial charge < -0.3 is 15.3 Å². The molecule has 1 aliphatic rings.